The summed E-state index contributed by atoms with van der Waals surface area (Å²) in [7, 11) is 0. The molecule has 6 nitrogen and oxygen atoms in total. The molecule has 0 radical (unpaired) electrons. The number of nitrogens with one attached hydrogen (secondary N) is 2. The molecule has 1 aromatic carbocycles. The molecule has 0 aliphatic carbocycles. The van der Waals surface area contributed by atoms with E-state index in [9.17, 15) is 4.79 Å². The molecular formula is C14H17ClN4O2. The van der Waals surface area contributed by atoms with E-state index in [0.29, 0.717) is 24.0 Å². The zero-order valence-electron chi connectivity index (χ0n) is 11.4. The third-order valence-electron chi connectivity index (χ3n) is 3.44. The van der Waals surface area contributed by atoms with Crippen LogP contribution in [0.25, 0.3) is 11.4 Å². The van der Waals surface area contributed by atoms with Gasteiger partial charge in [0.25, 0.3) is 5.91 Å². The Morgan fingerprint density at radius 1 is 1.38 bits per heavy atom. The predicted molar refractivity (Wildman–Crippen MR) is 80.3 cm³/mol. The fourth-order valence-electron chi connectivity index (χ4n) is 2.32. The first-order chi connectivity index (χ1) is 9.83. The number of hydrogen-bond acceptors (Lipinski definition) is 5. The van der Waals surface area contributed by atoms with Gasteiger partial charge in [-0.2, -0.15) is 4.98 Å². The summed E-state index contributed by atoms with van der Waals surface area (Å²) in [5, 5.41) is 10.0. The van der Waals surface area contributed by atoms with Gasteiger partial charge in [0, 0.05) is 23.7 Å². The van der Waals surface area contributed by atoms with Gasteiger partial charge in [-0.3, -0.25) is 4.79 Å². The Hall–Kier alpha value is -1.92. The molecule has 112 valence electrons. The van der Waals surface area contributed by atoms with Crippen LogP contribution in [-0.2, 0) is 0 Å². The number of carbonyl (C=O) groups is 1. The van der Waals surface area contributed by atoms with Gasteiger partial charge in [-0.25, -0.2) is 0 Å². The summed E-state index contributed by atoms with van der Waals surface area (Å²) in [6.07, 6.45) is 3.58. The van der Waals surface area contributed by atoms with Crippen molar-refractivity contribution in [3.05, 3.63) is 36.2 Å². The Morgan fingerprint density at radius 3 is 2.81 bits per heavy atom. The molecule has 0 spiro atoms. The third-order valence-corrected chi connectivity index (χ3v) is 3.44. The molecule has 21 heavy (non-hydrogen) atoms. The van der Waals surface area contributed by atoms with Crippen molar-refractivity contribution in [1.82, 2.24) is 20.8 Å². The molecule has 2 aromatic rings. The number of halogens is 1. The minimum atomic E-state index is -0.0571. The number of nitrogens with zero attached hydrogens (tertiary/aromatic N) is 2. The van der Waals surface area contributed by atoms with Crippen molar-refractivity contribution in [3.8, 4) is 11.4 Å². The highest BCUT2D eigenvalue weighted by atomic mass is 35.5. The predicted octanol–water partition coefficient (Wildman–Crippen LogP) is 1.64. The standard InChI is InChI=1S/C14H16N4O2.ClH/c19-14(16-8-12-2-1-7-15-12)11-5-3-10(4-6-11)13-17-9-20-18-13;/h3-6,9,12,15H,1-2,7-8H2,(H,16,19);1H. The Labute approximate surface area is 128 Å². The normalized spacial score (nSPS) is 17.2. The van der Waals surface area contributed by atoms with Crippen molar-refractivity contribution in [2.45, 2.75) is 18.9 Å². The molecule has 2 N–H and O–H groups in total. The van der Waals surface area contributed by atoms with E-state index < -0.39 is 0 Å². The molecule has 1 fully saturated rings. The zero-order valence-corrected chi connectivity index (χ0v) is 12.2. The van der Waals surface area contributed by atoms with Crippen LogP contribution in [0, 0.1) is 0 Å². The third kappa shape index (κ3) is 3.80. The molecule has 0 bridgehead atoms. The van der Waals surface area contributed by atoms with E-state index in [-0.39, 0.29) is 18.3 Å². The molecule has 2 heterocycles. The van der Waals surface area contributed by atoms with Crippen LogP contribution in [0.3, 0.4) is 0 Å². The highest BCUT2D eigenvalue weighted by Crippen LogP contribution is 2.15. The minimum absolute atomic E-state index is 0. The van der Waals surface area contributed by atoms with Crippen LogP contribution < -0.4 is 10.6 Å². The molecule has 1 unspecified atom stereocenters. The first-order valence-corrected chi connectivity index (χ1v) is 6.71. The van der Waals surface area contributed by atoms with E-state index >= 15 is 0 Å². The smallest absolute Gasteiger partial charge is 0.251 e. The van der Waals surface area contributed by atoms with Crippen LogP contribution in [0.1, 0.15) is 23.2 Å². The lowest BCUT2D eigenvalue weighted by atomic mass is 10.1. The average Bonchev–Trinajstić information content (AvgIpc) is 3.18. The maximum Gasteiger partial charge on any atom is 0.251 e. The summed E-state index contributed by atoms with van der Waals surface area (Å²) in [5.41, 5.74) is 1.46. The summed E-state index contributed by atoms with van der Waals surface area (Å²) in [4.78, 5) is 16.0. The first-order valence-electron chi connectivity index (χ1n) is 6.71. The fourth-order valence-corrected chi connectivity index (χ4v) is 2.32. The summed E-state index contributed by atoms with van der Waals surface area (Å²) < 4.78 is 4.69. The van der Waals surface area contributed by atoms with Gasteiger partial charge in [-0.1, -0.05) is 17.3 Å². The SMILES string of the molecule is Cl.O=C(NCC1CCCN1)c1ccc(-c2ncon2)cc1. The highest BCUT2D eigenvalue weighted by Gasteiger charge is 2.15. The molecule has 1 aromatic heterocycles. The quantitative estimate of drug-likeness (QED) is 0.897. The number of carbonyl (C=O) groups excluding carboxylic acids is 1. The van der Waals surface area contributed by atoms with Gasteiger partial charge >= 0.3 is 0 Å². The number of benzene rings is 1. The largest absolute Gasteiger partial charge is 0.350 e. The lowest BCUT2D eigenvalue weighted by Gasteiger charge is -2.11. The van der Waals surface area contributed by atoms with Crippen LogP contribution in [0.5, 0.6) is 0 Å². The first kappa shape index (κ1) is 15.5. The maximum atomic E-state index is 12.0. The summed E-state index contributed by atoms with van der Waals surface area (Å²) in [5.74, 6) is 0.463. The number of amides is 1. The summed E-state index contributed by atoms with van der Waals surface area (Å²) >= 11 is 0. The Morgan fingerprint density at radius 2 is 2.19 bits per heavy atom. The molecule has 0 saturated carbocycles. The number of rotatable bonds is 4. The maximum absolute atomic E-state index is 12.0. The van der Waals surface area contributed by atoms with Crippen LogP contribution in [0.15, 0.2) is 35.2 Å². The van der Waals surface area contributed by atoms with E-state index in [1.807, 2.05) is 12.1 Å². The van der Waals surface area contributed by atoms with Crippen LogP contribution >= 0.6 is 12.4 Å². The second-order valence-corrected chi connectivity index (χ2v) is 4.84. The van der Waals surface area contributed by atoms with Gasteiger partial charge in [0.1, 0.15) is 0 Å². The van der Waals surface area contributed by atoms with Crippen molar-refractivity contribution in [2.75, 3.05) is 13.1 Å². The van der Waals surface area contributed by atoms with Gasteiger partial charge in [0.2, 0.25) is 12.2 Å². The number of hydrogen-bond donors (Lipinski definition) is 2. The highest BCUT2D eigenvalue weighted by molar-refractivity contribution is 5.94. The van der Waals surface area contributed by atoms with Crippen molar-refractivity contribution < 1.29 is 9.32 Å². The Bertz CT molecular complexity index is 565. The van der Waals surface area contributed by atoms with Crippen LogP contribution in [0.2, 0.25) is 0 Å². The zero-order chi connectivity index (χ0) is 13.8. The van der Waals surface area contributed by atoms with Crippen molar-refractivity contribution in [2.24, 2.45) is 0 Å². The van der Waals surface area contributed by atoms with Crippen molar-refractivity contribution in [3.63, 3.8) is 0 Å². The van der Waals surface area contributed by atoms with Crippen LogP contribution in [0.4, 0.5) is 0 Å². The lowest BCUT2D eigenvalue weighted by Crippen LogP contribution is -2.37. The monoisotopic (exact) mass is 308 g/mol. The van der Waals surface area contributed by atoms with Crippen molar-refractivity contribution in [1.29, 1.82) is 0 Å². The number of aromatic nitrogens is 2. The average molecular weight is 309 g/mol. The molecule has 1 saturated heterocycles. The second kappa shape index (κ2) is 7.19. The molecule has 3 rings (SSSR count). The topological polar surface area (TPSA) is 80.0 Å². The van der Waals surface area contributed by atoms with Crippen LogP contribution in [-0.4, -0.2) is 35.2 Å². The molecule has 1 atom stereocenters. The molecule has 1 aliphatic rings. The van der Waals surface area contributed by atoms with Crippen molar-refractivity contribution >= 4 is 18.3 Å². The van der Waals surface area contributed by atoms with E-state index in [4.69, 9.17) is 4.52 Å². The van der Waals surface area contributed by atoms with Gasteiger partial charge < -0.3 is 15.2 Å². The van der Waals surface area contributed by atoms with E-state index in [1.54, 1.807) is 12.1 Å². The van der Waals surface area contributed by atoms with Gasteiger partial charge in [-0.05, 0) is 31.5 Å². The van der Waals surface area contributed by atoms with Gasteiger partial charge in [0.15, 0.2) is 0 Å². The fraction of sp³-hybridized carbons (Fsp3) is 0.357. The lowest BCUT2D eigenvalue weighted by molar-refractivity contribution is 0.0950. The van der Waals surface area contributed by atoms with E-state index in [0.717, 1.165) is 18.5 Å². The molecular weight excluding hydrogens is 292 g/mol. The Balaban J connectivity index is 0.00000161. The van der Waals surface area contributed by atoms with Gasteiger partial charge in [-0.15, -0.1) is 12.4 Å². The molecule has 1 aliphatic heterocycles. The molecule has 1 amide bonds. The molecule has 7 heteroatoms. The summed E-state index contributed by atoms with van der Waals surface area (Å²) in [6, 6.07) is 7.56. The summed E-state index contributed by atoms with van der Waals surface area (Å²) in [6.45, 7) is 1.71. The van der Waals surface area contributed by atoms with Gasteiger partial charge in [0.05, 0.1) is 0 Å². The Kier molecular flexibility index (Phi) is 5.30. The van der Waals surface area contributed by atoms with E-state index in [1.165, 1.54) is 12.8 Å². The minimum Gasteiger partial charge on any atom is -0.350 e. The van der Waals surface area contributed by atoms with E-state index in [2.05, 4.69) is 20.8 Å². The second-order valence-electron chi connectivity index (χ2n) is 4.84.